The lowest BCUT2D eigenvalue weighted by Gasteiger charge is -2.11. The Morgan fingerprint density at radius 1 is 1.45 bits per heavy atom. The molecule has 0 saturated heterocycles. The molecule has 2 N–H and O–H groups in total. The fourth-order valence-electron chi connectivity index (χ4n) is 1.71. The molecule has 0 saturated carbocycles. The van der Waals surface area contributed by atoms with Crippen LogP contribution < -0.4 is 4.72 Å². The quantitative estimate of drug-likeness (QED) is 0.798. The van der Waals surface area contributed by atoms with Crippen LogP contribution in [-0.2, 0) is 26.1 Å². The SMILES string of the molecule is COCC(O)CCNS(=O)(=O)c1cccc2c1N=S=N2. The van der Waals surface area contributed by atoms with Gasteiger partial charge in [-0.3, -0.25) is 0 Å². The highest BCUT2D eigenvalue weighted by Crippen LogP contribution is 2.37. The molecule has 1 atom stereocenters. The van der Waals surface area contributed by atoms with Gasteiger partial charge in [0.1, 0.15) is 16.3 Å². The molecule has 110 valence electrons. The third-order valence-electron chi connectivity index (χ3n) is 2.67. The first-order chi connectivity index (χ1) is 9.54. The van der Waals surface area contributed by atoms with E-state index >= 15 is 0 Å². The van der Waals surface area contributed by atoms with Crippen LogP contribution in [0.25, 0.3) is 0 Å². The highest BCUT2D eigenvalue weighted by Gasteiger charge is 2.22. The van der Waals surface area contributed by atoms with Crippen LogP contribution >= 0.6 is 0 Å². The first-order valence-electron chi connectivity index (χ1n) is 5.92. The Hall–Kier alpha value is -1.13. The monoisotopic (exact) mass is 317 g/mol. The van der Waals surface area contributed by atoms with Crippen molar-refractivity contribution in [3.05, 3.63) is 18.2 Å². The van der Waals surface area contributed by atoms with Crippen molar-refractivity contribution in [3.63, 3.8) is 0 Å². The van der Waals surface area contributed by atoms with Crippen molar-refractivity contribution in [2.45, 2.75) is 17.4 Å². The zero-order chi connectivity index (χ0) is 14.6. The molecule has 0 aromatic heterocycles. The standard InChI is InChI=1S/C11H15N3O4S2/c1-18-7-8(15)5-6-12-20(16,17)10-4-2-3-9-11(10)14-19-13-9/h2-4,8,12,15H,5-7H2,1H3. The maximum atomic E-state index is 12.2. The second-order valence-corrected chi connectivity index (χ2v) is 6.45. The number of methoxy groups -OCH3 is 1. The summed E-state index contributed by atoms with van der Waals surface area (Å²) in [5, 5.41) is 9.47. The number of hydrogen-bond donors (Lipinski definition) is 2. The van der Waals surface area contributed by atoms with Crippen LogP contribution in [0.2, 0.25) is 0 Å². The molecule has 0 radical (unpaired) electrons. The van der Waals surface area contributed by atoms with Crippen LogP contribution in [0.4, 0.5) is 11.4 Å². The van der Waals surface area contributed by atoms with Gasteiger partial charge in [-0.15, -0.1) is 0 Å². The van der Waals surface area contributed by atoms with E-state index in [4.69, 9.17) is 4.74 Å². The molecular formula is C11H15N3O4S2. The second kappa shape index (κ2) is 6.55. The fourth-order valence-corrected chi connectivity index (χ4v) is 3.52. The van der Waals surface area contributed by atoms with Crippen LogP contribution in [0.5, 0.6) is 0 Å². The lowest BCUT2D eigenvalue weighted by molar-refractivity contribution is 0.0603. The summed E-state index contributed by atoms with van der Waals surface area (Å²) >= 11 is 0.970. The van der Waals surface area contributed by atoms with Gasteiger partial charge in [0.05, 0.1) is 24.1 Å². The predicted octanol–water partition coefficient (Wildman–Crippen LogP) is 1.09. The van der Waals surface area contributed by atoms with E-state index in [9.17, 15) is 13.5 Å². The number of aliphatic hydroxyl groups is 1. The molecule has 0 amide bonds. The molecule has 20 heavy (non-hydrogen) atoms. The summed E-state index contributed by atoms with van der Waals surface area (Å²) < 4.78 is 39.6. The van der Waals surface area contributed by atoms with E-state index < -0.39 is 16.1 Å². The molecule has 1 aliphatic rings. The van der Waals surface area contributed by atoms with Crippen molar-refractivity contribution in [3.8, 4) is 0 Å². The molecule has 1 heterocycles. The van der Waals surface area contributed by atoms with Crippen LogP contribution in [0.15, 0.2) is 31.8 Å². The lowest BCUT2D eigenvalue weighted by atomic mass is 10.3. The Morgan fingerprint density at radius 2 is 2.25 bits per heavy atom. The number of rotatable bonds is 7. The van der Waals surface area contributed by atoms with E-state index in [0.717, 1.165) is 11.4 Å². The van der Waals surface area contributed by atoms with Gasteiger partial charge in [-0.25, -0.2) is 13.1 Å². The van der Waals surface area contributed by atoms with Crippen LogP contribution in [0.1, 0.15) is 6.42 Å². The first-order valence-corrected chi connectivity index (χ1v) is 8.14. The van der Waals surface area contributed by atoms with E-state index in [1.165, 1.54) is 13.2 Å². The van der Waals surface area contributed by atoms with E-state index in [1.807, 2.05) is 0 Å². The molecule has 1 aromatic rings. The normalized spacial score (nSPS) is 14.9. The molecule has 0 fully saturated rings. The molecule has 2 rings (SSSR count). The summed E-state index contributed by atoms with van der Waals surface area (Å²) in [6.45, 7) is 0.300. The lowest BCUT2D eigenvalue weighted by Crippen LogP contribution is -2.28. The third kappa shape index (κ3) is 3.49. The molecule has 0 spiro atoms. The van der Waals surface area contributed by atoms with Gasteiger partial charge in [0, 0.05) is 13.7 Å². The molecule has 7 nitrogen and oxygen atoms in total. The van der Waals surface area contributed by atoms with Gasteiger partial charge in [0.15, 0.2) is 0 Å². The Morgan fingerprint density at radius 3 is 3.00 bits per heavy atom. The number of hydrogen-bond acceptors (Lipinski definition) is 6. The van der Waals surface area contributed by atoms with Crippen molar-refractivity contribution in [2.75, 3.05) is 20.3 Å². The first kappa shape index (κ1) is 15.3. The van der Waals surface area contributed by atoms with Crippen molar-refractivity contribution in [1.29, 1.82) is 0 Å². The van der Waals surface area contributed by atoms with E-state index in [1.54, 1.807) is 12.1 Å². The van der Waals surface area contributed by atoms with Gasteiger partial charge in [-0.2, -0.15) is 8.73 Å². The van der Waals surface area contributed by atoms with Crippen molar-refractivity contribution < 1.29 is 18.3 Å². The summed E-state index contributed by atoms with van der Waals surface area (Å²) in [7, 11) is -2.19. The molecule has 9 heteroatoms. The van der Waals surface area contributed by atoms with Crippen LogP contribution in [0.3, 0.4) is 0 Å². The van der Waals surface area contributed by atoms with Crippen molar-refractivity contribution in [2.24, 2.45) is 8.73 Å². The predicted molar refractivity (Wildman–Crippen MR) is 75.7 cm³/mol. The van der Waals surface area contributed by atoms with Crippen molar-refractivity contribution >= 4 is 32.8 Å². The number of sulfonamides is 1. The Labute approximate surface area is 120 Å². The molecule has 0 bridgehead atoms. The molecule has 0 aliphatic carbocycles. The Kier molecular flexibility index (Phi) is 5.00. The fraction of sp³-hybridized carbons (Fsp3) is 0.455. The molecule has 1 aliphatic heterocycles. The number of ether oxygens (including phenoxy) is 1. The smallest absolute Gasteiger partial charge is 0.242 e. The number of nitrogens with one attached hydrogen (secondary N) is 1. The summed E-state index contributed by atoms with van der Waals surface area (Å²) in [5.74, 6) is 0. The van der Waals surface area contributed by atoms with Gasteiger partial charge in [0.25, 0.3) is 0 Å². The summed E-state index contributed by atoms with van der Waals surface area (Å²) in [6.07, 6.45) is -0.419. The Balaban J connectivity index is 2.05. The van der Waals surface area contributed by atoms with Crippen LogP contribution in [-0.4, -0.2) is 39.9 Å². The highest BCUT2D eigenvalue weighted by atomic mass is 32.2. The summed E-state index contributed by atoms with van der Waals surface area (Å²) in [6, 6.07) is 4.82. The summed E-state index contributed by atoms with van der Waals surface area (Å²) in [5.41, 5.74) is 0.916. The zero-order valence-electron chi connectivity index (χ0n) is 10.8. The molecular weight excluding hydrogens is 302 g/mol. The number of nitrogens with zero attached hydrogens (tertiary/aromatic N) is 2. The maximum Gasteiger partial charge on any atom is 0.242 e. The Bertz CT molecular complexity index is 654. The largest absolute Gasteiger partial charge is 0.391 e. The topological polar surface area (TPSA) is 100 Å². The van der Waals surface area contributed by atoms with Gasteiger partial charge < -0.3 is 9.84 Å². The maximum absolute atomic E-state index is 12.2. The minimum Gasteiger partial charge on any atom is -0.391 e. The number of aliphatic hydroxyl groups excluding tert-OH is 1. The van der Waals surface area contributed by atoms with Crippen molar-refractivity contribution in [1.82, 2.24) is 4.72 Å². The third-order valence-corrected chi connectivity index (χ3v) is 4.70. The average Bonchev–Trinajstić information content (AvgIpc) is 2.86. The summed E-state index contributed by atoms with van der Waals surface area (Å²) in [4.78, 5) is 0.102. The van der Waals surface area contributed by atoms with Crippen LogP contribution in [0, 0.1) is 0 Å². The number of fused-ring (bicyclic) bond motifs is 1. The van der Waals surface area contributed by atoms with E-state index in [0.29, 0.717) is 11.4 Å². The zero-order valence-corrected chi connectivity index (χ0v) is 12.4. The van der Waals surface area contributed by atoms with E-state index in [2.05, 4.69) is 13.4 Å². The van der Waals surface area contributed by atoms with Gasteiger partial charge in [-0.1, -0.05) is 6.07 Å². The highest BCUT2D eigenvalue weighted by molar-refractivity contribution is 7.89. The van der Waals surface area contributed by atoms with Gasteiger partial charge in [-0.05, 0) is 18.6 Å². The van der Waals surface area contributed by atoms with E-state index in [-0.39, 0.29) is 24.5 Å². The second-order valence-electron chi connectivity index (χ2n) is 4.18. The molecule has 1 unspecified atom stereocenters. The van der Waals surface area contributed by atoms with Gasteiger partial charge >= 0.3 is 0 Å². The molecule has 1 aromatic carbocycles. The minimum absolute atomic E-state index is 0.102. The number of benzene rings is 1. The average molecular weight is 317 g/mol. The minimum atomic E-state index is -3.67. The van der Waals surface area contributed by atoms with Gasteiger partial charge in [0.2, 0.25) is 10.0 Å².